The summed E-state index contributed by atoms with van der Waals surface area (Å²) in [5.41, 5.74) is 5.72. The molecule has 1 aromatic rings. The Hall–Kier alpha value is -0.0600. The highest BCUT2D eigenvalue weighted by atomic mass is 79.9. The van der Waals surface area contributed by atoms with E-state index in [1.54, 1.807) is 18.4 Å². The molecular weight excluding hydrogens is 250 g/mol. The Morgan fingerprint density at radius 2 is 2.23 bits per heavy atom. The molecule has 13 heavy (non-hydrogen) atoms. The second-order valence-corrected chi connectivity index (χ2v) is 5.41. The van der Waals surface area contributed by atoms with E-state index in [-0.39, 0.29) is 5.41 Å². The van der Waals surface area contributed by atoms with E-state index in [2.05, 4.69) is 35.8 Å². The molecule has 0 amide bonds. The molecule has 0 aliphatic carbocycles. The minimum absolute atomic E-state index is 0.0317. The van der Waals surface area contributed by atoms with E-state index >= 15 is 0 Å². The molecule has 0 bridgehead atoms. The van der Waals surface area contributed by atoms with E-state index in [4.69, 9.17) is 10.5 Å². The van der Waals surface area contributed by atoms with E-state index in [1.165, 1.54) is 4.88 Å². The molecular formula is C9H14BrNOS. The average molecular weight is 264 g/mol. The highest BCUT2D eigenvalue weighted by Gasteiger charge is 2.22. The van der Waals surface area contributed by atoms with Gasteiger partial charge in [0.2, 0.25) is 0 Å². The van der Waals surface area contributed by atoms with Crippen LogP contribution in [-0.2, 0) is 5.41 Å². The normalized spacial score (nSPS) is 11.8. The summed E-state index contributed by atoms with van der Waals surface area (Å²) in [7, 11) is 1.68. The van der Waals surface area contributed by atoms with Crippen molar-refractivity contribution in [1.82, 2.24) is 0 Å². The number of nitrogens with two attached hydrogens (primary N) is 1. The minimum Gasteiger partial charge on any atom is -0.486 e. The van der Waals surface area contributed by atoms with Crippen LogP contribution in [0, 0.1) is 0 Å². The van der Waals surface area contributed by atoms with Crippen LogP contribution in [0.3, 0.4) is 0 Å². The van der Waals surface area contributed by atoms with Crippen LogP contribution in [0.15, 0.2) is 10.5 Å². The van der Waals surface area contributed by atoms with Gasteiger partial charge in [-0.05, 0) is 22.0 Å². The third-order valence-corrected chi connectivity index (χ3v) is 4.33. The summed E-state index contributed by atoms with van der Waals surface area (Å²) in [5.74, 6) is 0. The summed E-state index contributed by atoms with van der Waals surface area (Å²) < 4.78 is 6.21. The lowest BCUT2D eigenvalue weighted by Crippen LogP contribution is -2.26. The number of hydrogen-bond acceptors (Lipinski definition) is 3. The zero-order valence-corrected chi connectivity index (χ0v) is 10.5. The van der Waals surface area contributed by atoms with Crippen LogP contribution in [0.5, 0.6) is 5.06 Å². The van der Waals surface area contributed by atoms with Crippen molar-refractivity contribution in [2.24, 2.45) is 5.73 Å². The first kappa shape index (κ1) is 11.0. The predicted molar refractivity (Wildman–Crippen MR) is 60.7 cm³/mol. The topological polar surface area (TPSA) is 35.2 Å². The second-order valence-electron chi connectivity index (χ2n) is 3.54. The summed E-state index contributed by atoms with van der Waals surface area (Å²) in [6.07, 6.45) is 0. The number of ether oxygens (including phenoxy) is 1. The third-order valence-electron chi connectivity index (χ3n) is 2.02. The van der Waals surface area contributed by atoms with Gasteiger partial charge >= 0.3 is 0 Å². The Morgan fingerprint density at radius 3 is 2.62 bits per heavy atom. The van der Waals surface area contributed by atoms with Crippen molar-refractivity contribution in [2.45, 2.75) is 19.3 Å². The van der Waals surface area contributed by atoms with Crippen LogP contribution < -0.4 is 10.5 Å². The smallest absolute Gasteiger partial charge is 0.188 e. The lowest BCUT2D eigenvalue weighted by molar-refractivity contribution is 0.425. The number of thiophene rings is 1. The van der Waals surface area contributed by atoms with Crippen LogP contribution in [0.2, 0.25) is 0 Å². The zero-order valence-electron chi connectivity index (χ0n) is 8.06. The van der Waals surface area contributed by atoms with Crippen molar-refractivity contribution < 1.29 is 4.74 Å². The Bertz CT molecular complexity index is 296. The van der Waals surface area contributed by atoms with Gasteiger partial charge in [-0.1, -0.05) is 13.8 Å². The maximum absolute atomic E-state index is 5.69. The van der Waals surface area contributed by atoms with Gasteiger partial charge in [-0.25, -0.2) is 0 Å². The molecule has 2 N–H and O–H groups in total. The van der Waals surface area contributed by atoms with E-state index in [0.29, 0.717) is 6.54 Å². The van der Waals surface area contributed by atoms with Crippen molar-refractivity contribution in [1.29, 1.82) is 0 Å². The maximum Gasteiger partial charge on any atom is 0.188 e. The quantitative estimate of drug-likeness (QED) is 0.911. The zero-order chi connectivity index (χ0) is 10.1. The van der Waals surface area contributed by atoms with E-state index in [0.717, 1.165) is 9.54 Å². The minimum atomic E-state index is 0.0317. The Balaban J connectivity index is 3.03. The standard InChI is InChI=1S/C9H14BrNOS/c1-9(2,5-11)7-4-6(10)8(12-3)13-7/h4H,5,11H2,1-3H3. The van der Waals surface area contributed by atoms with Gasteiger partial charge in [0.05, 0.1) is 11.6 Å². The van der Waals surface area contributed by atoms with Gasteiger partial charge in [0.15, 0.2) is 5.06 Å². The van der Waals surface area contributed by atoms with Crippen molar-refractivity contribution >= 4 is 27.3 Å². The molecule has 0 saturated carbocycles. The van der Waals surface area contributed by atoms with Gasteiger partial charge in [0.25, 0.3) is 0 Å². The first-order valence-electron chi connectivity index (χ1n) is 4.05. The molecule has 0 fully saturated rings. The summed E-state index contributed by atoms with van der Waals surface area (Å²) in [6.45, 7) is 4.90. The highest BCUT2D eigenvalue weighted by Crippen LogP contribution is 2.39. The molecule has 0 aromatic carbocycles. The van der Waals surface area contributed by atoms with Gasteiger partial charge in [0, 0.05) is 16.8 Å². The summed E-state index contributed by atoms with van der Waals surface area (Å²) in [5, 5.41) is 0.913. The first-order valence-corrected chi connectivity index (χ1v) is 5.66. The molecule has 0 unspecified atom stereocenters. The SMILES string of the molecule is COc1sc(C(C)(C)CN)cc1Br. The lowest BCUT2D eigenvalue weighted by atomic mass is 9.92. The molecule has 0 aliphatic rings. The summed E-state index contributed by atoms with van der Waals surface area (Å²) in [4.78, 5) is 1.25. The molecule has 4 heteroatoms. The molecule has 74 valence electrons. The van der Waals surface area contributed by atoms with Crippen molar-refractivity contribution in [2.75, 3.05) is 13.7 Å². The largest absolute Gasteiger partial charge is 0.486 e. The fourth-order valence-electron chi connectivity index (χ4n) is 0.925. The van der Waals surface area contributed by atoms with Crippen LogP contribution in [0.1, 0.15) is 18.7 Å². The second kappa shape index (κ2) is 3.98. The number of methoxy groups -OCH3 is 1. The molecule has 0 spiro atoms. The Morgan fingerprint density at radius 1 is 1.62 bits per heavy atom. The highest BCUT2D eigenvalue weighted by molar-refractivity contribution is 9.10. The molecule has 0 aliphatic heterocycles. The van der Waals surface area contributed by atoms with Crippen LogP contribution in [-0.4, -0.2) is 13.7 Å². The van der Waals surface area contributed by atoms with Gasteiger partial charge in [-0.2, -0.15) is 0 Å². The molecule has 1 rings (SSSR count). The van der Waals surface area contributed by atoms with Gasteiger partial charge < -0.3 is 10.5 Å². The Labute approximate surface area is 91.2 Å². The van der Waals surface area contributed by atoms with E-state index in [9.17, 15) is 0 Å². The van der Waals surface area contributed by atoms with Crippen LogP contribution >= 0.6 is 27.3 Å². The van der Waals surface area contributed by atoms with Crippen LogP contribution in [0.25, 0.3) is 0 Å². The molecule has 0 radical (unpaired) electrons. The molecule has 2 nitrogen and oxygen atoms in total. The van der Waals surface area contributed by atoms with Crippen LogP contribution in [0.4, 0.5) is 0 Å². The van der Waals surface area contributed by atoms with Crippen molar-refractivity contribution in [3.05, 3.63) is 15.4 Å². The van der Waals surface area contributed by atoms with Gasteiger partial charge in [-0.15, -0.1) is 11.3 Å². The molecule has 1 heterocycles. The summed E-state index contributed by atoms with van der Waals surface area (Å²) >= 11 is 5.09. The molecule has 1 aromatic heterocycles. The summed E-state index contributed by atoms with van der Waals surface area (Å²) in [6, 6.07) is 2.08. The van der Waals surface area contributed by atoms with Crippen molar-refractivity contribution in [3.63, 3.8) is 0 Å². The molecule has 0 atom stereocenters. The first-order chi connectivity index (χ1) is 6.01. The molecule has 0 saturated heterocycles. The maximum atomic E-state index is 5.69. The van der Waals surface area contributed by atoms with Crippen molar-refractivity contribution in [3.8, 4) is 5.06 Å². The lowest BCUT2D eigenvalue weighted by Gasteiger charge is -2.19. The monoisotopic (exact) mass is 263 g/mol. The Kier molecular flexibility index (Phi) is 3.38. The van der Waals surface area contributed by atoms with E-state index in [1.807, 2.05) is 0 Å². The third kappa shape index (κ3) is 2.24. The number of halogens is 1. The van der Waals surface area contributed by atoms with Gasteiger partial charge in [0.1, 0.15) is 0 Å². The average Bonchev–Trinajstić information content (AvgIpc) is 2.47. The predicted octanol–water partition coefficient (Wildman–Crippen LogP) is 2.76. The number of rotatable bonds is 3. The van der Waals surface area contributed by atoms with E-state index < -0.39 is 0 Å². The fraction of sp³-hybridized carbons (Fsp3) is 0.556. The number of hydrogen-bond donors (Lipinski definition) is 1. The fourth-order valence-corrected chi connectivity index (χ4v) is 2.69. The van der Waals surface area contributed by atoms with Gasteiger partial charge in [-0.3, -0.25) is 0 Å².